The molecule has 0 unspecified atom stereocenters. The Morgan fingerprint density at radius 3 is 2.40 bits per heavy atom. The van der Waals surface area contributed by atoms with Crippen LogP contribution in [-0.2, 0) is 22.0 Å². The summed E-state index contributed by atoms with van der Waals surface area (Å²) in [6.45, 7) is 4.10. The quantitative estimate of drug-likeness (QED) is 0.527. The summed E-state index contributed by atoms with van der Waals surface area (Å²) in [6.07, 6.45) is 2.48. The van der Waals surface area contributed by atoms with Crippen molar-refractivity contribution in [1.29, 1.82) is 0 Å². The zero-order chi connectivity index (χ0) is 21.9. The van der Waals surface area contributed by atoms with Crippen molar-refractivity contribution < 1.29 is 23.4 Å². The maximum atomic E-state index is 11.3. The lowest BCUT2D eigenvalue weighted by Gasteiger charge is -2.27. The molecule has 1 aromatic heterocycles. The first kappa shape index (κ1) is 21.4. The fourth-order valence-corrected chi connectivity index (χ4v) is 3.45. The molecule has 0 saturated carbocycles. The lowest BCUT2D eigenvalue weighted by molar-refractivity contribution is 0.301. The molecule has 0 fully saturated rings. The smallest absolute Gasteiger partial charge is 0.236 e. The molecule has 3 N–H and O–H groups in total. The minimum Gasteiger partial charge on any atom is -0.508 e. The van der Waals surface area contributed by atoms with Crippen molar-refractivity contribution in [2.75, 3.05) is 11.0 Å². The highest BCUT2D eigenvalue weighted by molar-refractivity contribution is 7.91. The van der Waals surface area contributed by atoms with E-state index < -0.39 is 15.4 Å². The zero-order valence-electron chi connectivity index (χ0n) is 16.8. The average molecular weight is 429 g/mol. The number of phenolic OH excluding ortho intramolecular Hbond substituents is 2. The predicted octanol–water partition coefficient (Wildman–Crippen LogP) is 3.16. The molecule has 3 aromatic rings. The van der Waals surface area contributed by atoms with Crippen LogP contribution in [0.25, 0.3) is 0 Å². The summed E-state index contributed by atoms with van der Waals surface area (Å²) in [5.41, 5.74) is 1.68. The number of hydrogen-bond donors (Lipinski definition) is 3. The van der Waals surface area contributed by atoms with Crippen molar-refractivity contribution >= 4 is 16.0 Å². The third-order valence-electron chi connectivity index (χ3n) is 4.61. The van der Waals surface area contributed by atoms with Crippen molar-refractivity contribution in [3.05, 3.63) is 71.5 Å². The Labute approximate surface area is 175 Å². The van der Waals surface area contributed by atoms with E-state index >= 15 is 0 Å². The Hall–Kier alpha value is -3.33. The molecule has 0 aliphatic heterocycles. The topological polar surface area (TPSA) is 122 Å². The van der Waals surface area contributed by atoms with E-state index in [0.717, 1.165) is 11.8 Å². The number of benzene rings is 2. The number of phenols is 2. The predicted molar refractivity (Wildman–Crippen MR) is 113 cm³/mol. The largest absolute Gasteiger partial charge is 0.508 e. The van der Waals surface area contributed by atoms with E-state index in [1.807, 2.05) is 38.1 Å². The molecule has 2 aromatic carbocycles. The van der Waals surface area contributed by atoms with Crippen molar-refractivity contribution in [2.24, 2.45) is 0 Å². The van der Waals surface area contributed by atoms with E-state index in [9.17, 15) is 18.6 Å². The van der Waals surface area contributed by atoms with Crippen LogP contribution in [0.1, 0.15) is 30.7 Å². The number of rotatable bonds is 7. The normalized spacial score (nSPS) is 11.8. The van der Waals surface area contributed by atoms with Crippen LogP contribution < -0.4 is 9.46 Å². The summed E-state index contributed by atoms with van der Waals surface area (Å²) in [5.74, 6) is 0.642. The van der Waals surface area contributed by atoms with Gasteiger partial charge in [-0.2, -0.15) is 0 Å². The first-order valence-electron chi connectivity index (χ1n) is 9.10. The van der Waals surface area contributed by atoms with Crippen molar-refractivity contribution in [3.63, 3.8) is 0 Å². The first-order valence-corrected chi connectivity index (χ1v) is 11.0. The Balaban J connectivity index is 1.71. The molecule has 0 amide bonds. The number of aromatic nitrogens is 2. The van der Waals surface area contributed by atoms with Gasteiger partial charge >= 0.3 is 0 Å². The summed E-state index contributed by atoms with van der Waals surface area (Å²) in [4.78, 5) is 7.98. The molecule has 158 valence electrons. The highest BCUT2D eigenvalue weighted by atomic mass is 32.2. The third-order valence-corrected chi connectivity index (χ3v) is 5.16. The molecule has 1 heterocycles. The fourth-order valence-electron chi connectivity index (χ4n) is 3.02. The SMILES string of the molecule is CC(C)(c1ccc(OCc2ccnc(NS(C)(=O)=O)n2)cc1)c1ccc(O)cc1O. The molecule has 0 aliphatic carbocycles. The molecule has 0 spiro atoms. The molecule has 0 atom stereocenters. The Morgan fingerprint density at radius 2 is 1.77 bits per heavy atom. The van der Waals surface area contributed by atoms with Crippen molar-refractivity contribution in [1.82, 2.24) is 9.97 Å². The number of anilines is 1. The minimum atomic E-state index is -3.46. The van der Waals surface area contributed by atoms with Gasteiger partial charge in [0, 0.05) is 23.2 Å². The highest BCUT2D eigenvalue weighted by Crippen LogP contribution is 2.38. The van der Waals surface area contributed by atoms with Gasteiger partial charge in [0.25, 0.3) is 0 Å². The molecule has 0 radical (unpaired) electrons. The zero-order valence-corrected chi connectivity index (χ0v) is 17.6. The summed E-state index contributed by atoms with van der Waals surface area (Å²) in [5, 5.41) is 19.7. The molecule has 8 nitrogen and oxygen atoms in total. The van der Waals surface area contributed by atoms with Crippen LogP contribution in [-0.4, -0.2) is 34.9 Å². The van der Waals surface area contributed by atoms with Crippen LogP contribution in [0.15, 0.2) is 54.7 Å². The standard InChI is InChI=1S/C21H23N3O5S/c1-21(2,18-9-6-16(25)12-19(18)26)14-4-7-17(8-5-14)29-13-15-10-11-22-20(23-15)24-30(3,27)28/h4-12,25-26H,13H2,1-3H3,(H,22,23,24). The molecular weight excluding hydrogens is 406 g/mol. The fraction of sp³-hybridized carbons (Fsp3) is 0.238. The Kier molecular flexibility index (Phi) is 5.84. The van der Waals surface area contributed by atoms with Gasteiger partial charge < -0.3 is 14.9 Å². The molecule has 3 rings (SSSR count). The second-order valence-electron chi connectivity index (χ2n) is 7.39. The second-order valence-corrected chi connectivity index (χ2v) is 9.13. The van der Waals surface area contributed by atoms with Crippen LogP contribution in [0.4, 0.5) is 5.95 Å². The van der Waals surface area contributed by atoms with E-state index in [4.69, 9.17) is 4.74 Å². The maximum absolute atomic E-state index is 11.3. The van der Waals surface area contributed by atoms with Gasteiger partial charge in [-0.3, -0.25) is 4.72 Å². The van der Waals surface area contributed by atoms with Gasteiger partial charge in [-0.05, 0) is 29.8 Å². The number of nitrogens with zero attached hydrogens (tertiary/aromatic N) is 2. The van der Waals surface area contributed by atoms with Gasteiger partial charge in [0.15, 0.2) is 0 Å². The Morgan fingerprint density at radius 1 is 1.07 bits per heavy atom. The molecule has 0 saturated heterocycles. The van der Waals surface area contributed by atoms with Gasteiger partial charge in [0.1, 0.15) is 23.9 Å². The molecule has 30 heavy (non-hydrogen) atoms. The lowest BCUT2D eigenvalue weighted by Crippen LogP contribution is -2.19. The van der Waals surface area contributed by atoms with Crippen LogP contribution in [0.3, 0.4) is 0 Å². The number of sulfonamides is 1. The highest BCUT2D eigenvalue weighted by Gasteiger charge is 2.26. The monoisotopic (exact) mass is 429 g/mol. The van der Waals surface area contributed by atoms with Crippen LogP contribution >= 0.6 is 0 Å². The van der Waals surface area contributed by atoms with E-state index in [2.05, 4.69) is 14.7 Å². The molecule has 0 bridgehead atoms. The number of nitrogens with one attached hydrogen (secondary N) is 1. The van der Waals surface area contributed by atoms with Crippen LogP contribution in [0, 0.1) is 0 Å². The molecule has 0 aliphatic rings. The summed E-state index contributed by atoms with van der Waals surface area (Å²) < 4.78 is 30.6. The summed E-state index contributed by atoms with van der Waals surface area (Å²) in [7, 11) is -3.46. The maximum Gasteiger partial charge on any atom is 0.236 e. The van der Waals surface area contributed by atoms with Gasteiger partial charge in [-0.15, -0.1) is 0 Å². The van der Waals surface area contributed by atoms with Gasteiger partial charge in [-0.25, -0.2) is 18.4 Å². The lowest BCUT2D eigenvalue weighted by atomic mass is 9.77. The van der Waals surface area contributed by atoms with E-state index in [1.165, 1.54) is 12.3 Å². The number of hydrogen-bond acceptors (Lipinski definition) is 7. The van der Waals surface area contributed by atoms with Gasteiger partial charge in [0.05, 0.1) is 11.9 Å². The Bertz CT molecular complexity index is 1150. The first-order chi connectivity index (χ1) is 14.0. The summed E-state index contributed by atoms with van der Waals surface area (Å²) >= 11 is 0. The molecule has 9 heteroatoms. The van der Waals surface area contributed by atoms with Crippen molar-refractivity contribution in [3.8, 4) is 17.2 Å². The van der Waals surface area contributed by atoms with Gasteiger partial charge in [0.2, 0.25) is 16.0 Å². The van der Waals surface area contributed by atoms with Crippen LogP contribution in [0.5, 0.6) is 17.2 Å². The minimum absolute atomic E-state index is 0.00964. The van der Waals surface area contributed by atoms with E-state index in [0.29, 0.717) is 17.0 Å². The van der Waals surface area contributed by atoms with Gasteiger partial charge in [-0.1, -0.05) is 32.0 Å². The number of aromatic hydroxyl groups is 2. The van der Waals surface area contributed by atoms with Crippen molar-refractivity contribution in [2.45, 2.75) is 25.9 Å². The van der Waals surface area contributed by atoms with Crippen LogP contribution in [0.2, 0.25) is 0 Å². The van der Waals surface area contributed by atoms with E-state index in [-0.39, 0.29) is 24.1 Å². The third kappa shape index (κ3) is 5.18. The average Bonchev–Trinajstić information content (AvgIpc) is 2.65. The molecular formula is C21H23N3O5S. The summed E-state index contributed by atoms with van der Waals surface area (Å²) in [6, 6.07) is 13.6. The second kappa shape index (κ2) is 8.19. The number of ether oxygens (including phenoxy) is 1. The van der Waals surface area contributed by atoms with E-state index in [1.54, 1.807) is 18.2 Å².